The van der Waals surface area contributed by atoms with Gasteiger partial charge in [0.25, 0.3) is 0 Å². The Labute approximate surface area is 719 Å². The average Bonchev–Trinajstić information content (AvgIpc) is 0.900. The van der Waals surface area contributed by atoms with Crippen LogP contribution in [0.15, 0.2) is 60.7 Å². The zero-order chi connectivity index (χ0) is 86.2. The SMILES string of the molecule is CCCCCCCCCOC(=O)CCCCCCCC(CCCCCCCC(=O)OCCCCCCCC)COC(=O)C1CCN(C)CC1.CN1CCC(C(=O)OCC(CCCCCC(=O)O)CCCCCC(=O)O)CC1.CN1CCC(C(=O)OCC(CCCCCC(=O)OCc2ccccc2)CCCCCC(=O)OCc2ccccc2)CC1. The van der Waals surface area contributed by atoms with Crippen molar-refractivity contribution in [1.82, 2.24) is 14.7 Å². The molecule has 2 aromatic carbocycles. The summed E-state index contributed by atoms with van der Waals surface area (Å²) in [4.78, 5) is 114. The number of rotatable bonds is 68. The van der Waals surface area contributed by atoms with E-state index in [1.165, 1.54) is 57.8 Å². The minimum Gasteiger partial charge on any atom is -0.481 e. The van der Waals surface area contributed by atoms with E-state index in [2.05, 4.69) is 49.7 Å². The summed E-state index contributed by atoms with van der Waals surface area (Å²) in [5, 5.41) is 17.4. The molecule has 3 fully saturated rings. The summed E-state index contributed by atoms with van der Waals surface area (Å²) in [6.45, 7) is 13.3. The van der Waals surface area contributed by atoms with Gasteiger partial charge in [-0.05, 0) is 218 Å². The second-order valence-corrected chi connectivity index (χ2v) is 34.6. The first-order valence-corrected chi connectivity index (χ1v) is 47.5. The fourth-order valence-corrected chi connectivity index (χ4v) is 15.7. The Hall–Kier alpha value is -6.45. The Kier molecular flexibility index (Phi) is 65.6. The second kappa shape index (κ2) is 73.1. The number of hydrogen-bond donors (Lipinski definition) is 2. The number of carbonyl (C=O) groups excluding carboxylic acids is 7. The molecule has 21 nitrogen and oxygen atoms in total. The van der Waals surface area contributed by atoms with Crippen LogP contribution in [0.4, 0.5) is 0 Å². The maximum atomic E-state index is 12.8. The molecule has 0 amide bonds. The monoisotopic (exact) mass is 1670 g/mol. The number of benzene rings is 2. The van der Waals surface area contributed by atoms with Crippen LogP contribution in [-0.2, 0) is 89.5 Å². The molecule has 119 heavy (non-hydrogen) atoms. The molecule has 0 radical (unpaired) electrons. The van der Waals surface area contributed by atoms with Gasteiger partial charge in [0.1, 0.15) is 13.2 Å². The van der Waals surface area contributed by atoms with Gasteiger partial charge in [0.2, 0.25) is 0 Å². The molecule has 1 unspecified atom stereocenters. The zero-order valence-corrected chi connectivity index (χ0v) is 75.2. The van der Waals surface area contributed by atoms with E-state index < -0.39 is 11.9 Å². The molecule has 0 bridgehead atoms. The lowest BCUT2D eigenvalue weighted by Gasteiger charge is -2.28. The van der Waals surface area contributed by atoms with Gasteiger partial charge in [-0.15, -0.1) is 0 Å². The number of carboxylic acid groups (broad SMARTS) is 2. The van der Waals surface area contributed by atoms with Crippen molar-refractivity contribution in [2.75, 3.05) is 93.4 Å². The molecule has 21 heteroatoms. The molecule has 680 valence electrons. The summed E-state index contributed by atoms with van der Waals surface area (Å²) in [6.07, 6.45) is 50.5. The van der Waals surface area contributed by atoms with Crippen molar-refractivity contribution in [2.24, 2.45) is 35.5 Å². The molecule has 0 spiro atoms. The average molecular weight is 1670 g/mol. The minimum absolute atomic E-state index is 0.000314. The Morgan fingerprint density at radius 3 is 0.790 bits per heavy atom. The quantitative estimate of drug-likeness (QED) is 0.0354. The van der Waals surface area contributed by atoms with Crippen molar-refractivity contribution >= 4 is 53.7 Å². The summed E-state index contributed by atoms with van der Waals surface area (Å²) >= 11 is 0. The largest absolute Gasteiger partial charge is 0.481 e. The van der Waals surface area contributed by atoms with Gasteiger partial charge in [0, 0.05) is 38.5 Å². The molecule has 3 heterocycles. The third kappa shape index (κ3) is 61.5. The number of hydrogen-bond acceptors (Lipinski definition) is 19. The van der Waals surface area contributed by atoms with E-state index in [1.807, 2.05) is 60.7 Å². The maximum absolute atomic E-state index is 12.8. The van der Waals surface area contributed by atoms with Crippen LogP contribution in [0.25, 0.3) is 0 Å². The van der Waals surface area contributed by atoms with Gasteiger partial charge in [-0.2, -0.15) is 0 Å². The first-order chi connectivity index (χ1) is 57.8. The van der Waals surface area contributed by atoms with Crippen molar-refractivity contribution in [1.29, 1.82) is 0 Å². The van der Waals surface area contributed by atoms with E-state index in [0.717, 1.165) is 282 Å². The van der Waals surface area contributed by atoms with Crippen LogP contribution in [0.5, 0.6) is 0 Å². The number of esters is 7. The molecule has 3 saturated heterocycles. The molecule has 5 rings (SSSR count). The lowest BCUT2D eigenvalue weighted by atomic mass is 9.94. The van der Waals surface area contributed by atoms with E-state index in [-0.39, 0.29) is 84.2 Å². The molecular weight excluding hydrogens is 1510 g/mol. The van der Waals surface area contributed by atoms with Crippen LogP contribution in [0.3, 0.4) is 0 Å². The highest BCUT2D eigenvalue weighted by molar-refractivity contribution is 5.74. The van der Waals surface area contributed by atoms with Gasteiger partial charge >= 0.3 is 53.7 Å². The highest BCUT2D eigenvalue weighted by atomic mass is 16.6. The van der Waals surface area contributed by atoms with E-state index in [1.54, 1.807) is 0 Å². The first kappa shape index (κ1) is 107. The highest BCUT2D eigenvalue weighted by Crippen LogP contribution is 2.27. The second-order valence-electron chi connectivity index (χ2n) is 34.6. The third-order valence-corrected chi connectivity index (χ3v) is 23.8. The number of nitrogens with zero attached hydrogens (tertiary/aromatic N) is 3. The molecule has 0 saturated carbocycles. The Balaban J connectivity index is 0.000000478. The number of ether oxygens (including phenoxy) is 7. The Bertz CT molecular complexity index is 2790. The van der Waals surface area contributed by atoms with Crippen LogP contribution in [0, 0.1) is 35.5 Å². The van der Waals surface area contributed by atoms with Gasteiger partial charge in [0.05, 0.1) is 50.8 Å². The number of likely N-dealkylation sites (tertiary alicyclic amines) is 3. The zero-order valence-electron chi connectivity index (χ0n) is 75.2. The summed E-state index contributed by atoms with van der Waals surface area (Å²) in [6, 6.07) is 19.4. The molecule has 3 aliphatic heterocycles. The number of aliphatic carboxylic acids is 2. The van der Waals surface area contributed by atoms with Crippen LogP contribution in [-0.4, -0.2) is 172 Å². The number of carbonyl (C=O) groups is 9. The lowest BCUT2D eigenvalue weighted by Crippen LogP contribution is -2.34. The minimum atomic E-state index is -0.762. The molecule has 0 aliphatic carbocycles. The number of piperidine rings is 3. The van der Waals surface area contributed by atoms with E-state index in [4.69, 9.17) is 43.4 Å². The standard InChI is InChI=1S/C42H79NO6.C35H49NO6.C21H37NO6/c1-4-6-8-10-12-20-26-36-48-41(45)30-24-18-14-16-22-28-38(37-49-42(46)39-31-33-43(3)34-32-39)27-21-15-13-17-23-29-40(44)47-35-25-19-11-9-7-5-2;1-36-24-22-32(23-25-36)35(39)42-28-31(18-10-4-12-20-33(37)40-26-29-14-6-2-7-15-29)19-11-5-13-21-34(38)41-27-30-16-8-3-9-17-30;1-22-14-12-18(13-15-22)21(27)28-16-17(8-4-2-6-10-19(23)24)9-5-3-7-11-20(25)26/h38-39H,4-37H2,1-3H3;2-3,6-9,14-17,31-32H,4-5,10-13,18-28H2,1H3;17-18H,2-16H2,1H3,(H,23,24)(H,25,26). The fourth-order valence-electron chi connectivity index (χ4n) is 15.7. The van der Waals surface area contributed by atoms with E-state index in [0.29, 0.717) is 90.7 Å². The van der Waals surface area contributed by atoms with Crippen LogP contribution < -0.4 is 0 Å². The Morgan fingerprint density at radius 2 is 0.521 bits per heavy atom. The van der Waals surface area contributed by atoms with Crippen LogP contribution >= 0.6 is 0 Å². The summed E-state index contributed by atoms with van der Waals surface area (Å²) < 4.78 is 38.9. The lowest BCUT2D eigenvalue weighted by molar-refractivity contribution is -0.152. The van der Waals surface area contributed by atoms with Gasteiger partial charge in [-0.3, -0.25) is 43.2 Å². The first-order valence-electron chi connectivity index (χ1n) is 47.5. The van der Waals surface area contributed by atoms with Crippen molar-refractivity contribution in [3.63, 3.8) is 0 Å². The predicted octanol–water partition coefficient (Wildman–Crippen LogP) is 21.6. The third-order valence-electron chi connectivity index (χ3n) is 23.8. The topological polar surface area (TPSA) is 268 Å². The smallest absolute Gasteiger partial charge is 0.309 e. The van der Waals surface area contributed by atoms with Crippen molar-refractivity contribution in [3.8, 4) is 0 Å². The molecule has 3 aliphatic rings. The molecule has 2 N–H and O–H groups in total. The van der Waals surface area contributed by atoms with Crippen LogP contribution in [0.2, 0.25) is 0 Å². The van der Waals surface area contributed by atoms with Crippen molar-refractivity contribution in [3.05, 3.63) is 71.8 Å². The number of carboxylic acids is 2. The fraction of sp³-hybridized carbons (Fsp3) is 0.786. The summed E-state index contributed by atoms with van der Waals surface area (Å²) in [5.74, 6) is -1.05. The van der Waals surface area contributed by atoms with Crippen molar-refractivity contribution in [2.45, 2.75) is 367 Å². The normalized spacial score (nSPS) is 14.6. The van der Waals surface area contributed by atoms with E-state index >= 15 is 0 Å². The number of unbranched alkanes of at least 4 members (excludes halogenated alkanes) is 27. The summed E-state index contributed by atoms with van der Waals surface area (Å²) in [5.41, 5.74) is 1.99. The molecule has 0 aromatic heterocycles. The Morgan fingerprint density at radius 1 is 0.294 bits per heavy atom. The van der Waals surface area contributed by atoms with Crippen LogP contribution in [0.1, 0.15) is 365 Å². The molecule has 2 aromatic rings. The van der Waals surface area contributed by atoms with Gasteiger partial charge < -0.3 is 58.1 Å². The van der Waals surface area contributed by atoms with Gasteiger partial charge in [-0.25, -0.2) is 0 Å². The van der Waals surface area contributed by atoms with Gasteiger partial charge in [-0.1, -0.05) is 248 Å². The van der Waals surface area contributed by atoms with Crippen molar-refractivity contribution < 1.29 is 86.5 Å². The molecule has 1 atom stereocenters. The summed E-state index contributed by atoms with van der Waals surface area (Å²) in [7, 11) is 6.26. The van der Waals surface area contributed by atoms with Gasteiger partial charge in [0.15, 0.2) is 0 Å². The van der Waals surface area contributed by atoms with E-state index in [9.17, 15) is 43.2 Å². The highest BCUT2D eigenvalue weighted by Gasteiger charge is 2.29. The predicted molar refractivity (Wildman–Crippen MR) is 472 cm³/mol. The molecular formula is C98H165N3O18. The maximum Gasteiger partial charge on any atom is 0.309 e.